The maximum atomic E-state index is 10.6. The van der Waals surface area contributed by atoms with E-state index in [-0.39, 0.29) is 18.6 Å². The summed E-state index contributed by atoms with van der Waals surface area (Å²) < 4.78 is 18.2. The average molecular weight is 364 g/mol. The number of carbonyl (C=O) groups is 1. The number of allylic oxidation sites excluding steroid dienone is 2. The Kier molecular flexibility index (Phi) is 5.97. The number of ether oxygens (including phenoxy) is 3. The quantitative estimate of drug-likeness (QED) is 0.364. The van der Waals surface area contributed by atoms with E-state index in [0.717, 1.165) is 25.9 Å². The summed E-state index contributed by atoms with van der Waals surface area (Å²) in [7, 11) is 0. The van der Waals surface area contributed by atoms with Gasteiger partial charge in [-0.05, 0) is 50.4 Å². The number of unbranched alkanes of at least 4 members (excludes halogenated alkanes) is 1. The lowest BCUT2D eigenvalue weighted by Crippen LogP contribution is -2.33. The molecular formula is C21H32O5. The van der Waals surface area contributed by atoms with Crippen LogP contribution in [-0.4, -0.2) is 48.2 Å². The zero-order valence-electron chi connectivity index (χ0n) is 15.6. The molecule has 0 amide bonds. The van der Waals surface area contributed by atoms with Gasteiger partial charge in [0.25, 0.3) is 0 Å². The van der Waals surface area contributed by atoms with E-state index in [4.69, 9.17) is 19.3 Å². The maximum absolute atomic E-state index is 10.6. The number of hydrogen-bond acceptors (Lipinski definition) is 4. The molecule has 4 aliphatic rings. The van der Waals surface area contributed by atoms with Crippen molar-refractivity contribution in [2.24, 2.45) is 11.8 Å². The highest BCUT2D eigenvalue weighted by molar-refractivity contribution is 5.66. The van der Waals surface area contributed by atoms with Gasteiger partial charge in [-0.15, -0.1) is 0 Å². The summed E-state index contributed by atoms with van der Waals surface area (Å²) in [5.74, 6) is 0.347. The number of fused-ring (bicyclic) bond motifs is 5. The van der Waals surface area contributed by atoms with E-state index in [1.54, 1.807) is 0 Å². The summed E-state index contributed by atoms with van der Waals surface area (Å²) in [6.45, 7) is 0.845. The Labute approximate surface area is 156 Å². The van der Waals surface area contributed by atoms with Gasteiger partial charge < -0.3 is 19.3 Å². The fraction of sp³-hybridized carbons (Fsp3) is 0.857. The van der Waals surface area contributed by atoms with Crippen LogP contribution in [-0.2, 0) is 19.0 Å². The second-order valence-electron chi connectivity index (χ2n) is 8.37. The largest absolute Gasteiger partial charge is 0.481 e. The third-order valence-electron chi connectivity index (χ3n) is 6.61. The summed E-state index contributed by atoms with van der Waals surface area (Å²) in [4.78, 5) is 10.6. The molecule has 146 valence electrons. The van der Waals surface area contributed by atoms with E-state index in [0.29, 0.717) is 36.6 Å². The van der Waals surface area contributed by atoms with Crippen molar-refractivity contribution in [3.05, 3.63) is 12.2 Å². The number of rotatable bonds is 10. The fourth-order valence-corrected chi connectivity index (χ4v) is 5.21. The lowest BCUT2D eigenvalue weighted by atomic mass is 9.76. The minimum atomic E-state index is -0.713. The first-order chi connectivity index (χ1) is 12.7. The first-order valence-corrected chi connectivity index (χ1v) is 10.5. The van der Waals surface area contributed by atoms with Crippen LogP contribution in [0.3, 0.4) is 0 Å². The molecule has 0 spiro atoms. The van der Waals surface area contributed by atoms with Crippen molar-refractivity contribution in [2.75, 3.05) is 6.61 Å². The number of aliphatic carboxylic acids is 1. The highest BCUT2D eigenvalue weighted by Gasteiger charge is 2.68. The molecule has 0 aromatic rings. The van der Waals surface area contributed by atoms with Crippen molar-refractivity contribution in [1.29, 1.82) is 0 Å². The second-order valence-corrected chi connectivity index (χ2v) is 8.37. The summed E-state index contributed by atoms with van der Waals surface area (Å²) in [5, 5.41) is 8.69. The molecule has 5 heteroatoms. The van der Waals surface area contributed by atoms with Crippen molar-refractivity contribution in [1.82, 2.24) is 0 Å². The lowest BCUT2D eigenvalue weighted by Gasteiger charge is -2.27. The van der Waals surface area contributed by atoms with E-state index in [1.165, 1.54) is 32.1 Å². The highest BCUT2D eigenvalue weighted by Crippen LogP contribution is 2.55. The topological polar surface area (TPSA) is 68.3 Å². The van der Waals surface area contributed by atoms with E-state index in [1.807, 2.05) is 0 Å². The molecule has 6 atom stereocenters. The predicted molar refractivity (Wildman–Crippen MR) is 97.0 cm³/mol. The minimum Gasteiger partial charge on any atom is -0.481 e. The van der Waals surface area contributed by atoms with E-state index in [2.05, 4.69) is 12.2 Å². The lowest BCUT2D eigenvalue weighted by molar-refractivity contribution is -0.137. The molecule has 26 heavy (non-hydrogen) atoms. The molecule has 5 nitrogen and oxygen atoms in total. The van der Waals surface area contributed by atoms with Gasteiger partial charge in [0.2, 0.25) is 0 Å². The third kappa shape index (κ3) is 4.15. The fourth-order valence-electron chi connectivity index (χ4n) is 5.21. The zero-order chi connectivity index (χ0) is 17.9. The van der Waals surface area contributed by atoms with Crippen LogP contribution >= 0.6 is 0 Å². The molecular weight excluding hydrogens is 332 g/mol. The Morgan fingerprint density at radius 3 is 2.50 bits per heavy atom. The first-order valence-electron chi connectivity index (χ1n) is 10.5. The molecule has 2 bridgehead atoms. The van der Waals surface area contributed by atoms with Crippen LogP contribution in [0.4, 0.5) is 0 Å². The van der Waals surface area contributed by atoms with Gasteiger partial charge in [0.15, 0.2) is 0 Å². The van der Waals surface area contributed by atoms with Gasteiger partial charge in [0.05, 0.1) is 18.3 Å². The Hall–Kier alpha value is -0.910. The molecule has 4 rings (SSSR count). The normalized spacial score (nSPS) is 38.8. The number of carboxylic acids is 1. The average Bonchev–Trinajstić information content (AvgIpc) is 3.27. The van der Waals surface area contributed by atoms with Crippen molar-refractivity contribution in [3.8, 4) is 0 Å². The number of epoxide rings is 1. The second kappa shape index (κ2) is 8.41. The predicted octanol–water partition coefficient (Wildman–Crippen LogP) is 3.71. The molecule has 3 saturated heterocycles. The maximum Gasteiger partial charge on any atom is 0.303 e. The van der Waals surface area contributed by atoms with Gasteiger partial charge in [-0.25, -0.2) is 0 Å². The van der Waals surface area contributed by atoms with Crippen molar-refractivity contribution in [2.45, 2.75) is 94.7 Å². The molecule has 3 heterocycles. The molecule has 0 radical (unpaired) electrons. The minimum absolute atomic E-state index is 0.250. The highest BCUT2D eigenvalue weighted by atomic mass is 16.7. The van der Waals surface area contributed by atoms with E-state index in [9.17, 15) is 4.79 Å². The van der Waals surface area contributed by atoms with Crippen molar-refractivity contribution < 1.29 is 24.1 Å². The van der Waals surface area contributed by atoms with Gasteiger partial charge in [0, 0.05) is 13.0 Å². The SMILES string of the molecule is O=C(O)CCC/C=C\C[C@H]1[C@@H](CCOC2CCCCC2)[C@@H]2O[C@H]1[C@@H]1O[C@@H]12. The summed E-state index contributed by atoms with van der Waals surface area (Å²) in [5.41, 5.74) is 0. The van der Waals surface area contributed by atoms with Crippen LogP contribution < -0.4 is 0 Å². The van der Waals surface area contributed by atoms with Gasteiger partial charge in [0.1, 0.15) is 12.2 Å². The van der Waals surface area contributed by atoms with Crippen LogP contribution in [0.2, 0.25) is 0 Å². The van der Waals surface area contributed by atoms with Crippen molar-refractivity contribution in [3.63, 3.8) is 0 Å². The summed E-state index contributed by atoms with van der Waals surface area (Å²) in [6.07, 6.45) is 16.4. The Bertz CT molecular complexity index is 513. The molecule has 0 aromatic heterocycles. The van der Waals surface area contributed by atoms with Crippen molar-refractivity contribution >= 4 is 5.97 Å². The smallest absolute Gasteiger partial charge is 0.303 e. The van der Waals surface area contributed by atoms with Crippen LogP contribution in [0.25, 0.3) is 0 Å². The van der Waals surface area contributed by atoms with Gasteiger partial charge >= 0.3 is 5.97 Å². The summed E-state index contributed by atoms with van der Waals surface area (Å²) in [6, 6.07) is 0. The van der Waals surface area contributed by atoms with Gasteiger partial charge in [-0.3, -0.25) is 4.79 Å². The Morgan fingerprint density at radius 2 is 1.73 bits per heavy atom. The standard InChI is InChI=1S/C21H32O5/c22-17(23)11-7-2-1-6-10-15-16(19-21-20(26-21)18(15)25-19)12-13-24-14-8-4-3-5-9-14/h1,6,14-16,18-21H,2-5,7-13H2,(H,22,23)/b6-1-/t15-,16+,18+,19-,20-,21+/m0/s1. The number of hydrogen-bond donors (Lipinski definition) is 1. The third-order valence-corrected chi connectivity index (χ3v) is 6.61. The first kappa shape index (κ1) is 18.5. The Morgan fingerprint density at radius 1 is 1.00 bits per heavy atom. The zero-order valence-corrected chi connectivity index (χ0v) is 15.6. The van der Waals surface area contributed by atoms with E-state index < -0.39 is 5.97 Å². The van der Waals surface area contributed by atoms with Crippen LogP contribution in [0, 0.1) is 11.8 Å². The molecule has 1 N–H and O–H groups in total. The van der Waals surface area contributed by atoms with E-state index >= 15 is 0 Å². The van der Waals surface area contributed by atoms with Gasteiger partial charge in [-0.2, -0.15) is 0 Å². The Balaban J connectivity index is 1.23. The van der Waals surface area contributed by atoms with Crippen LogP contribution in [0.15, 0.2) is 12.2 Å². The van der Waals surface area contributed by atoms with Crippen LogP contribution in [0.1, 0.15) is 64.2 Å². The van der Waals surface area contributed by atoms with Crippen LogP contribution in [0.5, 0.6) is 0 Å². The molecule has 0 unspecified atom stereocenters. The monoisotopic (exact) mass is 364 g/mol. The molecule has 3 aliphatic heterocycles. The molecule has 1 saturated carbocycles. The molecule has 4 fully saturated rings. The van der Waals surface area contributed by atoms with Gasteiger partial charge in [-0.1, -0.05) is 31.4 Å². The summed E-state index contributed by atoms with van der Waals surface area (Å²) >= 11 is 0. The molecule has 1 aliphatic carbocycles. The number of carboxylic acid groups (broad SMARTS) is 1. The molecule has 0 aromatic carbocycles.